The van der Waals surface area contributed by atoms with Crippen molar-refractivity contribution in [2.24, 2.45) is 5.73 Å². The summed E-state index contributed by atoms with van der Waals surface area (Å²) in [6.07, 6.45) is -2.64. The standard InChI is InChI=1S/C24H25N3O7/c25-21(29)10-19(22(30)27-11-13(28)9-20(27)23(31)32)26-24(33)34-12-18-16-7-3-1-5-14(16)15-6-2-4-8-17(15)18/h1-8,13,18-20,28H,9-12H2,(H2,25,29)(H,26,33)(H,31,32)/t13?,19-,20?/m0/s1. The summed E-state index contributed by atoms with van der Waals surface area (Å²) in [5.74, 6) is -3.17. The van der Waals surface area contributed by atoms with E-state index in [-0.39, 0.29) is 25.5 Å². The van der Waals surface area contributed by atoms with Crippen LogP contribution in [0.5, 0.6) is 0 Å². The number of nitrogens with one attached hydrogen (secondary N) is 1. The lowest BCUT2D eigenvalue weighted by molar-refractivity contribution is -0.149. The maximum Gasteiger partial charge on any atom is 0.407 e. The molecule has 5 N–H and O–H groups in total. The summed E-state index contributed by atoms with van der Waals surface area (Å²) < 4.78 is 5.42. The molecule has 1 fully saturated rings. The molecule has 3 amide bonds. The Balaban J connectivity index is 1.46. The number of rotatable bonds is 7. The van der Waals surface area contributed by atoms with Crippen molar-refractivity contribution in [1.29, 1.82) is 0 Å². The molecule has 1 aliphatic carbocycles. The van der Waals surface area contributed by atoms with E-state index in [1.165, 1.54) is 0 Å². The van der Waals surface area contributed by atoms with Gasteiger partial charge in [0.2, 0.25) is 11.8 Å². The summed E-state index contributed by atoms with van der Waals surface area (Å²) in [4.78, 5) is 49.5. The number of alkyl carbamates (subject to hydrolysis) is 1. The highest BCUT2D eigenvalue weighted by molar-refractivity contribution is 5.93. The molecule has 10 nitrogen and oxygen atoms in total. The number of carboxylic acid groups (broad SMARTS) is 1. The van der Waals surface area contributed by atoms with E-state index in [0.29, 0.717) is 0 Å². The third-order valence-corrected chi connectivity index (χ3v) is 6.19. The molecule has 0 aromatic heterocycles. The van der Waals surface area contributed by atoms with Gasteiger partial charge in [-0.1, -0.05) is 48.5 Å². The van der Waals surface area contributed by atoms with Crippen LogP contribution in [0.25, 0.3) is 11.1 Å². The van der Waals surface area contributed by atoms with Crippen LogP contribution < -0.4 is 11.1 Å². The van der Waals surface area contributed by atoms with E-state index in [1.807, 2.05) is 48.5 Å². The maximum atomic E-state index is 12.9. The van der Waals surface area contributed by atoms with Crippen LogP contribution >= 0.6 is 0 Å². The van der Waals surface area contributed by atoms with E-state index in [1.54, 1.807) is 0 Å². The number of benzene rings is 2. The molecule has 178 valence electrons. The fourth-order valence-corrected chi connectivity index (χ4v) is 4.68. The van der Waals surface area contributed by atoms with Gasteiger partial charge in [-0.05, 0) is 22.3 Å². The molecular weight excluding hydrogens is 442 g/mol. The number of nitrogens with two attached hydrogens (primary N) is 1. The lowest BCUT2D eigenvalue weighted by Gasteiger charge is -2.26. The van der Waals surface area contributed by atoms with E-state index in [2.05, 4.69) is 5.32 Å². The van der Waals surface area contributed by atoms with Crippen molar-refractivity contribution >= 4 is 23.9 Å². The zero-order chi connectivity index (χ0) is 24.4. The quantitative estimate of drug-likeness (QED) is 0.469. The Morgan fingerprint density at radius 2 is 1.65 bits per heavy atom. The first-order chi connectivity index (χ1) is 16.3. The van der Waals surface area contributed by atoms with Gasteiger partial charge in [0, 0.05) is 18.9 Å². The van der Waals surface area contributed by atoms with Gasteiger partial charge in [0.05, 0.1) is 12.5 Å². The van der Waals surface area contributed by atoms with Crippen LogP contribution in [0.15, 0.2) is 48.5 Å². The van der Waals surface area contributed by atoms with Crippen molar-refractivity contribution in [3.63, 3.8) is 0 Å². The number of likely N-dealkylation sites (tertiary alicyclic amines) is 1. The Bertz CT molecular complexity index is 1090. The lowest BCUT2D eigenvalue weighted by atomic mass is 9.98. The van der Waals surface area contributed by atoms with Crippen LogP contribution in [0.2, 0.25) is 0 Å². The molecule has 2 aromatic rings. The minimum Gasteiger partial charge on any atom is -0.480 e. The SMILES string of the molecule is NC(=O)C[C@H](NC(=O)OCC1c2ccccc2-c2ccccc21)C(=O)N1CC(O)CC1C(=O)O. The van der Waals surface area contributed by atoms with Crippen LogP contribution in [0.3, 0.4) is 0 Å². The van der Waals surface area contributed by atoms with Gasteiger partial charge in [-0.3, -0.25) is 9.59 Å². The number of amides is 3. The molecule has 0 spiro atoms. The third-order valence-electron chi connectivity index (χ3n) is 6.19. The van der Waals surface area contributed by atoms with E-state index < -0.39 is 48.5 Å². The first-order valence-corrected chi connectivity index (χ1v) is 10.9. The molecule has 3 atom stereocenters. The fourth-order valence-electron chi connectivity index (χ4n) is 4.68. The topological polar surface area (TPSA) is 159 Å². The number of aliphatic hydroxyl groups excluding tert-OH is 1. The lowest BCUT2D eigenvalue weighted by Crippen LogP contribution is -2.53. The molecular formula is C24H25N3O7. The second-order valence-electron chi connectivity index (χ2n) is 8.43. The summed E-state index contributed by atoms with van der Waals surface area (Å²) in [5, 5.41) is 21.5. The van der Waals surface area contributed by atoms with Crippen LogP contribution in [0, 0.1) is 0 Å². The highest BCUT2D eigenvalue weighted by atomic mass is 16.5. The van der Waals surface area contributed by atoms with Gasteiger partial charge in [-0.25, -0.2) is 9.59 Å². The summed E-state index contributed by atoms with van der Waals surface area (Å²) in [5.41, 5.74) is 9.37. The number of carbonyl (C=O) groups excluding carboxylic acids is 3. The van der Waals surface area contributed by atoms with E-state index in [9.17, 15) is 29.4 Å². The van der Waals surface area contributed by atoms with Crippen molar-refractivity contribution < 1.29 is 34.1 Å². The molecule has 1 heterocycles. The Hall–Kier alpha value is -3.92. The Morgan fingerprint density at radius 1 is 1.06 bits per heavy atom. The molecule has 10 heteroatoms. The van der Waals surface area contributed by atoms with Crippen LogP contribution in [-0.4, -0.2) is 70.3 Å². The molecule has 34 heavy (non-hydrogen) atoms. The Labute approximate surface area is 195 Å². The predicted octanol–water partition coefficient (Wildman–Crippen LogP) is 0.815. The fraction of sp³-hybridized carbons (Fsp3) is 0.333. The van der Waals surface area contributed by atoms with Crippen LogP contribution in [0.1, 0.15) is 29.9 Å². The molecule has 0 saturated carbocycles. The number of carbonyl (C=O) groups is 4. The number of aliphatic carboxylic acids is 1. The maximum absolute atomic E-state index is 12.9. The largest absolute Gasteiger partial charge is 0.480 e. The smallest absolute Gasteiger partial charge is 0.407 e. The molecule has 2 aliphatic rings. The molecule has 0 bridgehead atoms. The summed E-state index contributed by atoms with van der Waals surface area (Å²) >= 11 is 0. The zero-order valence-corrected chi connectivity index (χ0v) is 18.2. The monoisotopic (exact) mass is 467 g/mol. The average molecular weight is 467 g/mol. The third kappa shape index (κ3) is 4.58. The van der Waals surface area contributed by atoms with Crippen LogP contribution in [0.4, 0.5) is 4.79 Å². The van der Waals surface area contributed by atoms with Gasteiger partial charge in [-0.15, -0.1) is 0 Å². The second kappa shape index (κ2) is 9.52. The first-order valence-electron chi connectivity index (χ1n) is 10.9. The van der Waals surface area contributed by atoms with Crippen molar-refractivity contribution in [3.8, 4) is 11.1 Å². The number of fused-ring (bicyclic) bond motifs is 3. The molecule has 0 radical (unpaired) electrons. The van der Waals surface area contributed by atoms with Gasteiger partial charge in [0.1, 0.15) is 18.7 Å². The summed E-state index contributed by atoms with van der Waals surface area (Å²) in [6, 6.07) is 12.9. The molecule has 1 aliphatic heterocycles. The number of ether oxygens (including phenoxy) is 1. The Morgan fingerprint density at radius 3 is 2.21 bits per heavy atom. The average Bonchev–Trinajstić information content (AvgIpc) is 3.35. The number of hydrogen-bond acceptors (Lipinski definition) is 6. The van der Waals surface area contributed by atoms with Gasteiger partial charge < -0.3 is 30.9 Å². The molecule has 2 unspecified atom stereocenters. The highest BCUT2D eigenvalue weighted by Gasteiger charge is 2.42. The molecule has 4 rings (SSSR count). The second-order valence-corrected chi connectivity index (χ2v) is 8.43. The number of β-amino-alcohol motifs (C(OH)–C–C–N with tert-alkyl or cyclic N) is 1. The Kier molecular flexibility index (Phi) is 6.51. The van der Waals surface area contributed by atoms with Gasteiger partial charge in [0.15, 0.2) is 0 Å². The van der Waals surface area contributed by atoms with E-state index in [4.69, 9.17) is 10.5 Å². The number of carboxylic acids is 1. The summed E-state index contributed by atoms with van der Waals surface area (Å²) in [6.45, 7) is -0.227. The van der Waals surface area contributed by atoms with Crippen molar-refractivity contribution in [2.75, 3.05) is 13.2 Å². The summed E-state index contributed by atoms with van der Waals surface area (Å²) in [7, 11) is 0. The normalized spacial score (nSPS) is 19.7. The van der Waals surface area contributed by atoms with E-state index in [0.717, 1.165) is 27.2 Å². The number of hydrogen-bond donors (Lipinski definition) is 4. The van der Waals surface area contributed by atoms with Gasteiger partial charge >= 0.3 is 12.1 Å². The minimum atomic E-state index is -1.42. The molecule has 2 aromatic carbocycles. The van der Waals surface area contributed by atoms with Gasteiger partial charge in [-0.2, -0.15) is 0 Å². The zero-order valence-electron chi connectivity index (χ0n) is 18.2. The van der Waals surface area contributed by atoms with Crippen molar-refractivity contribution in [3.05, 3.63) is 59.7 Å². The van der Waals surface area contributed by atoms with Crippen molar-refractivity contribution in [1.82, 2.24) is 10.2 Å². The minimum absolute atomic E-state index is 0.00246. The van der Waals surface area contributed by atoms with Gasteiger partial charge in [0.25, 0.3) is 0 Å². The van der Waals surface area contributed by atoms with Crippen molar-refractivity contribution in [2.45, 2.75) is 36.9 Å². The first kappa shape index (κ1) is 23.2. The predicted molar refractivity (Wildman–Crippen MR) is 120 cm³/mol. The number of aliphatic hydroxyl groups is 1. The highest BCUT2D eigenvalue weighted by Crippen LogP contribution is 2.44. The molecule has 1 saturated heterocycles. The number of primary amides is 1. The van der Waals surface area contributed by atoms with E-state index >= 15 is 0 Å². The van der Waals surface area contributed by atoms with Crippen LogP contribution in [-0.2, 0) is 19.1 Å². The number of nitrogens with zero attached hydrogens (tertiary/aromatic N) is 1.